The molecule has 0 aliphatic carbocycles. The first-order chi connectivity index (χ1) is 7.36. The predicted molar refractivity (Wildman–Crippen MR) is 56.5 cm³/mol. The average Bonchev–Trinajstić information content (AvgIpc) is 2.81. The van der Waals surface area contributed by atoms with Crippen LogP contribution in [0.2, 0.25) is 0 Å². The van der Waals surface area contributed by atoms with E-state index in [-0.39, 0.29) is 0 Å². The van der Waals surface area contributed by atoms with Gasteiger partial charge in [0.05, 0.1) is 13.2 Å². The highest BCUT2D eigenvalue weighted by Crippen LogP contribution is 2.13. The van der Waals surface area contributed by atoms with Crippen molar-refractivity contribution in [1.82, 2.24) is 0 Å². The highest BCUT2D eigenvalue weighted by molar-refractivity contribution is 5.14. The van der Waals surface area contributed by atoms with Crippen LogP contribution in [0.3, 0.4) is 0 Å². The lowest BCUT2D eigenvalue weighted by Crippen LogP contribution is -2.27. The molecule has 1 N–H and O–H groups in total. The van der Waals surface area contributed by atoms with Crippen molar-refractivity contribution in [2.75, 3.05) is 13.2 Å². The Labute approximate surface area is 89.6 Å². The number of hydrogen-bond acceptors (Lipinski definition) is 3. The first kappa shape index (κ1) is 10.6. The molecule has 0 aromatic heterocycles. The summed E-state index contributed by atoms with van der Waals surface area (Å²) >= 11 is 0. The second-order valence-corrected chi connectivity index (χ2v) is 3.70. The molecule has 3 heteroatoms. The maximum atomic E-state index is 9.76. The molecule has 3 nitrogen and oxygen atoms in total. The third kappa shape index (κ3) is 3.02. The average molecular weight is 208 g/mol. The lowest BCUT2D eigenvalue weighted by molar-refractivity contribution is -0.121. The van der Waals surface area contributed by atoms with E-state index in [4.69, 9.17) is 9.47 Å². The molecule has 0 radical (unpaired) electrons. The van der Waals surface area contributed by atoms with E-state index in [9.17, 15) is 5.11 Å². The molecule has 1 aromatic rings. The van der Waals surface area contributed by atoms with Crippen LogP contribution in [0.4, 0.5) is 0 Å². The summed E-state index contributed by atoms with van der Waals surface area (Å²) in [7, 11) is 0. The van der Waals surface area contributed by atoms with Gasteiger partial charge in [0.25, 0.3) is 0 Å². The van der Waals surface area contributed by atoms with E-state index in [1.807, 2.05) is 18.2 Å². The molecule has 15 heavy (non-hydrogen) atoms. The highest BCUT2D eigenvalue weighted by Gasteiger charge is 2.24. The predicted octanol–water partition coefficient (Wildman–Crippen LogP) is 1.35. The summed E-state index contributed by atoms with van der Waals surface area (Å²) in [6, 6.07) is 10.1. The van der Waals surface area contributed by atoms with Crippen molar-refractivity contribution < 1.29 is 14.6 Å². The Kier molecular flexibility index (Phi) is 3.72. The number of ether oxygens (including phenoxy) is 2. The van der Waals surface area contributed by atoms with Gasteiger partial charge in [-0.25, -0.2) is 0 Å². The number of benzene rings is 1. The molecule has 82 valence electrons. The summed E-state index contributed by atoms with van der Waals surface area (Å²) in [5, 5.41) is 9.76. The molecule has 1 fully saturated rings. The van der Waals surface area contributed by atoms with Crippen LogP contribution in [-0.2, 0) is 15.9 Å². The smallest absolute Gasteiger partial charge is 0.183 e. The van der Waals surface area contributed by atoms with E-state index in [1.165, 1.54) is 5.56 Å². The molecule has 2 rings (SSSR count). The van der Waals surface area contributed by atoms with E-state index in [0.29, 0.717) is 19.6 Å². The molecular weight excluding hydrogens is 192 g/mol. The molecule has 1 aromatic carbocycles. The van der Waals surface area contributed by atoms with Crippen LogP contribution in [0.15, 0.2) is 30.3 Å². The number of rotatable bonds is 4. The van der Waals surface area contributed by atoms with Crippen molar-refractivity contribution in [2.45, 2.75) is 25.2 Å². The van der Waals surface area contributed by atoms with Gasteiger partial charge >= 0.3 is 0 Å². The molecule has 0 unspecified atom stereocenters. The summed E-state index contributed by atoms with van der Waals surface area (Å²) in [6.07, 6.45) is 0.585. The Morgan fingerprint density at radius 3 is 2.53 bits per heavy atom. The van der Waals surface area contributed by atoms with Crippen LogP contribution in [0.25, 0.3) is 0 Å². The molecule has 0 amide bonds. The number of hydrogen-bond donors (Lipinski definition) is 1. The van der Waals surface area contributed by atoms with Gasteiger partial charge in [0, 0.05) is 0 Å². The second kappa shape index (κ2) is 5.26. The molecular formula is C12H16O3. The molecule has 0 spiro atoms. The summed E-state index contributed by atoms with van der Waals surface area (Å²) < 4.78 is 10.5. The third-order valence-corrected chi connectivity index (χ3v) is 2.53. The minimum absolute atomic E-state index is 0.422. The summed E-state index contributed by atoms with van der Waals surface area (Å²) in [4.78, 5) is 0. The van der Waals surface area contributed by atoms with Crippen molar-refractivity contribution in [2.24, 2.45) is 0 Å². The number of aliphatic hydroxyl groups is 1. The minimum atomic E-state index is -0.521. The fourth-order valence-corrected chi connectivity index (χ4v) is 1.69. The molecule has 1 saturated heterocycles. The normalized spacial score (nSPS) is 19.3. The molecule has 1 atom stereocenters. The first-order valence-corrected chi connectivity index (χ1v) is 5.31. The van der Waals surface area contributed by atoms with Crippen LogP contribution in [0.1, 0.15) is 12.0 Å². The van der Waals surface area contributed by atoms with Gasteiger partial charge in [-0.05, 0) is 18.4 Å². The van der Waals surface area contributed by atoms with Gasteiger partial charge in [-0.1, -0.05) is 30.3 Å². The van der Waals surface area contributed by atoms with Gasteiger partial charge in [0.2, 0.25) is 0 Å². The van der Waals surface area contributed by atoms with Gasteiger partial charge in [0.15, 0.2) is 6.29 Å². The Bertz CT molecular complexity index is 280. The fraction of sp³-hybridized carbons (Fsp3) is 0.500. The summed E-state index contributed by atoms with van der Waals surface area (Å²) in [5.74, 6) is 0. The van der Waals surface area contributed by atoms with Gasteiger partial charge in [-0.2, -0.15) is 0 Å². The lowest BCUT2D eigenvalue weighted by Gasteiger charge is -2.16. The monoisotopic (exact) mass is 208 g/mol. The fourth-order valence-electron chi connectivity index (χ4n) is 1.69. The van der Waals surface area contributed by atoms with E-state index >= 15 is 0 Å². The second-order valence-electron chi connectivity index (χ2n) is 3.70. The minimum Gasteiger partial charge on any atom is -0.388 e. The third-order valence-electron chi connectivity index (χ3n) is 2.53. The van der Waals surface area contributed by atoms with Gasteiger partial charge in [-0.3, -0.25) is 0 Å². The first-order valence-electron chi connectivity index (χ1n) is 5.31. The SMILES string of the molecule is O[C@@H](CCc1ccccc1)C1OCCO1. The number of aliphatic hydroxyl groups excluding tert-OH is 1. The number of aryl methyl sites for hydroxylation is 1. The van der Waals surface area contributed by atoms with Gasteiger partial charge < -0.3 is 14.6 Å². The quantitative estimate of drug-likeness (QED) is 0.811. The maximum Gasteiger partial charge on any atom is 0.183 e. The Morgan fingerprint density at radius 2 is 1.87 bits per heavy atom. The zero-order valence-electron chi connectivity index (χ0n) is 8.63. The Balaban J connectivity index is 1.77. The van der Waals surface area contributed by atoms with E-state index in [1.54, 1.807) is 0 Å². The van der Waals surface area contributed by atoms with Crippen molar-refractivity contribution in [3.63, 3.8) is 0 Å². The van der Waals surface area contributed by atoms with Gasteiger partial charge in [0.1, 0.15) is 6.10 Å². The Morgan fingerprint density at radius 1 is 1.20 bits per heavy atom. The zero-order chi connectivity index (χ0) is 10.5. The summed E-state index contributed by atoms with van der Waals surface area (Å²) in [6.45, 7) is 1.18. The van der Waals surface area contributed by atoms with Crippen LogP contribution < -0.4 is 0 Å². The van der Waals surface area contributed by atoms with Gasteiger partial charge in [-0.15, -0.1) is 0 Å². The van der Waals surface area contributed by atoms with Crippen molar-refractivity contribution in [3.05, 3.63) is 35.9 Å². The molecule has 0 bridgehead atoms. The van der Waals surface area contributed by atoms with Crippen molar-refractivity contribution in [3.8, 4) is 0 Å². The van der Waals surface area contributed by atoms with Crippen LogP contribution in [-0.4, -0.2) is 30.7 Å². The van der Waals surface area contributed by atoms with Crippen LogP contribution in [0, 0.1) is 0 Å². The van der Waals surface area contributed by atoms with Crippen molar-refractivity contribution >= 4 is 0 Å². The largest absolute Gasteiger partial charge is 0.388 e. The van der Waals surface area contributed by atoms with Crippen LogP contribution in [0.5, 0.6) is 0 Å². The van der Waals surface area contributed by atoms with Crippen molar-refractivity contribution in [1.29, 1.82) is 0 Å². The molecule has 0 saturated carbocycles. The van der Waals surface area contributed by atoms with E-state index < -0.39 is 12.4 Å². The molecule has 1 heterocycles. The summed E-state index contributed by atoms with van der Waals surface area (Å²) in [5.41, 5.74) is 1.23. The maximum absolute atomic E-state index is 9.76. The van der Waals surface area contributed by atoms with E-state index in [2.05, 4.69) is 12.1 Å². The standard InChI is InChI=1S/C12H16O3/c13-11(12-14-8-9-15-12)7-6-10-4-2-1-3-5-10/h1-5,11-13H,6-9H2/t11-/m0/s1. The van der Waals surface area contributed by atoms with Crippen LogP contribution >= 0.6 is 0 Å². The molecule has 1 aliphatic rings. The molecule has 1 aliphatic heterocycles. The van der Waals surface area contributed by atoms with E-state index in [0.717, 1.165) is 6.42 Å². The highest BCUT2D eigenvalue weighted by atomic mass is 16.7. The lowest BCUT2D eigenvalue weighted by atomic mass is 10.1. The Hall–Kier alpha value is -0.900. The topological polar surface area (TPSA) is 38.7 Å². The zero-order valence-corrected chi connectivity index (χ0v) is 8.63.